The van der Waals surface area contributed by atoms with Crippen LogP contribution >= 0.6 is 15.9 Å². The first kappa shape index (κ1) is 19.4. The van der Waals surface area contributed by atoms with Crippen LogP contribution in [0, 0.1) is 13.8 Å². The van der Waals surface area contributed by atoms with E-state index in [4.69, 9.17) is 13.9 Å². The fraction of sp³-hybridized carbons (Fsp3) is 0.130. The quantitative estimate of drug-likeness (QED) is 0.326. The summed E-state index contributed by atoms with van der Waals surface area (Å²) >= 11 is 3.41. The Labute approximate surface area is 186 Å². The van der Waals surface area contributed by atoms with Gasteiger partial charge in [0.05, 0.1) is 6.21 Å². The average molecular weight is 480 g/mol. The molecule has 3 heterocycles. The van der Waals surface area contributed by atoms with Gasteiger partial charge in [-0.25, -0.2) is 5.43 Å². The van der Waals surface area contributed by atoms with Gasteiger partial charge in [0, 0.05) is 38.6 Å². The fourth-order valence-electron chi connectivity index (χ4n) is 3.68. The lowest BCUT2D eigenvalue weighted by Crippen LogP contribution is -2.16. The van der Waals surface area contributed by atoms with Crippen LogP contribution in [0.15, 0.2) is 62.5 Å². The molecule has 5 rings (SSSR count). The highest BCUT2D eigenvalue weighted by molar-refractivity contribution is 9.10. The number of aryl methyl sites for hydroxylation is 1. The molecule has 4 aromatic rings. The van der Waals surface area contributed by atoms with Crippen LogP contribution in [0.3, 0.4) is 0 Å². The molecule has 0 spiro atoms. The second-order valence-electron chi connectivity index (χ2n) is 7.19. The molecule has 0 aliphatic carbocycles. The minimum atomic E-state index is -0.409. The maximum Gasteiger partial charge on any atom is 0.307 e. The zero-order chi connectivity index (χ0) is 21.5. The molecule has 156 valence electrons. The third-order valence-corrected chi connectivity index (χ3v) is 5.65. The number of halogens is 1. The van der Waals surface area contributed by atoms with Crippen molar-refractivity contribution in [3.8, 4) is 17.2 Å². The van der Waals surface area contributed by atoms with Gasteiger partial charge in [-0.3, -0.25) is 4.79 Å². The summed E-state index contributed by atoms with van der Waals surface area (Å²) in [6.45, 7) is 4.25. The van der Waals surface area contributed by atoms with Gasteiger partial charge < -0.3 is 18.5 Å². The van der Waals surface area contributed by atoms with Gasteiger partial charge >= 0.3 is 5.91 Å². The molecule has 0 atom stereocenters. The SMILES string of the molecule is Cc1cc(/C=N\NC(=O)c2cc3cc(Br)ccc3o2)c(C)n1-c1ccc2c(c1)OCO2. The molecule has 1 amide bonds. The standard InChI is InChI=1S/C23H18BrN3O4/c1-13-7-16(14(2)27(13)18-4-6-20-21(10-18)30-12-29-20)11-25-26-23(28)22-9-15-8-17(24)3-5-19(15)31-22/h3-11H,12H2,1-2H3,(H,26,28)/b25-11-. The van der Waals surface area contributed by atoms with Crippen LogP contribution in [0.4, 0.5) is 0 Å². The highest BCUT2D eigenvalue weighted by atomic mass is 79.9. The highest BCUT2D eigenvalue weighted by Gasteiger charge is 2.17. The number of hydrogen-bond donors (Lipinski definition) is 1. The topological polar surface area (TPSA) is 78.0 Å². The van der Waals surface area contributed by atoms with Crippen molar-refractivity contribution < 1.29 is 18.7 Å². The van der Waals surface area contributed by atoms with E-state index in [2.05, 4.69) is 31.0 Å². The number of hydrazone groups is 1. The van der Waals surface area contributed by atoms with Gasteiger partial charge in [0.1, 0.15) is 5.58 Å². The van der Waals surface area contributed by atoms with Crippen molar-refractivity contribution in [2.24, 2.45) is 5.10 Å². The lowest BCUT2D eigenvalue weighted by atomic mass is 10.2. The Bertz CT molecular complexity index is 1350. The second-order valence-corrected chi connectivity index (χ2v) is 8.11. The molecule has 8 heteroatoms. The summed E-state index contributed by atoms with van der Waals surface area (Å²) in [7, 11) is 0. The number of carbonyl (C=O) groups is 1. The van der Waals surface area contributed by atoms with Crippen molar-refractivity contribution >= 4 is 39.0 Å². The van der Waals surface area contributed by atoms with Crippen LogP contribution in [-0.4, -0.2) is 23.5 Å². The molecular formula is C23H18BrN3O4. The van der Waals surface area contributed by atoms with E-state index in [9.17, 15) is 4.79 Å². The van der Waals surface area contributed by atoms with Crippen LogP contribution in [0.5, 0.6) is 11.5 Å². The van der Waals surface area contributed by atoms with Crippen molar-refractivity contribution in [1.29, 1.82) is 0 Å². The number of rotatable bonds is 4. The van der Waals surface area contributed by atoms with E-state index in [1.165, 1.54) is 0 Å². The van der Waals surface area contributed by atoms with Gasteiger partial charge in [0.25, 0.3) is 0 Å². The second kappa shape index (κ2) is 7.63. The summed E-state index contributed by atoms with van der Waals surface area (Å²) in [4.78, 5) is 12.4. The Morgan fingerprint density at radius 2 is 1.94 bits per heavy atom. The van der Waals surface area contributed by atoms with Gasteiger partial charge in [0.2, 0.25) is 6.79 Å². The summed E-state index contributed by atoms with van der Waals surface area (Å²) in [6, 6.07) is 15.1. The Morgan fingerprint density at radius 3 is 2.81 bits per heavy atom. The van der Waals surface area contributed by atoms with Crippen molar-refractivity contribution in [3.05, 3.63) is 75.7 Å². The number of nitrogens with one attached hydrogen (secondary N) is 1. The zero-order valence-corrected chi connectivity index (χ0v) is 18.4. The molecule has 0 fully saturated rings. The number of nitrogens with zero attached hydrogens (tertiary/aromatic N) is 2. The molecule has 0 bridgehead atoms. The summed E-state index contributed by atoms with van der Waals surface area (Å²) in [5.74, 6) is 1.27. The summed E-state index contributed by atoms with van der Waals surface area (Å²) in [5, 5.41) is 4.96. The van der Waals surface area contributed by atoms with Crippen LogP contribution in [0.2, 0.25) is 0 Å². The predicted molar refractivity (Wildman–Crippen MR) is 120 cm³/mol. The Hall–Kier alpha value is -3.52. The number of hydrogen-bond acceptors (Lipinski definition) is 5. The number of fused-ring (bicyclic) bond motifs is 2. The van der Waals surface area contributed by atoms with E-state index >= 15 is 0 Å². The third-order valence-electron chi connectivity index (χ3n) is 5.16. The van der Waals surface area contributed by atoms with E-state index in [0.717, 1.165) is 44.0 Å². The summed E-state index contributed by atoms with van der Waals surface area (Å²) in [6.07, 6.45) is 1.63. The van der Waals surface area contributed by atoms with Gasteiger partial charge in [-0.15, -0.1) is 0 Å². The monoisotopic (exact) mass is 479 g/mol. The van der Waals surface area contributed by atoms with Gasteiger partial charge in [0.15, 0.2) is 17.3 Å². The maximum atomic E-state index is 12.4. The van der Waals surface area contributed by atoms with Crippen molar-refractivity contribution in [2.75, 3.05) is 6.79 Å². The van der Waals surface area contributed by atoms with E-state index in [-0.39, 0.29) is 12.6 Å². The molecule has 1 aliphatic heterocycles. The van der Waals surface area contributed by atoms with E-state index in [0.29, 0.717) is 5.58 Å². The first-order valence-corrected chi connectivity index (χ1v) is 10.4. The van der Waals surface area contributed by atoms with Gasteiger partial charge in [-0.1, -0.05) is 15.9 Å². The molecule has 0 unspecified atom stereocenters. The lowest BCUT2D eigenvalue weighted by molar-refractivity contribution is 0.0929. The van der Waals surface area contributed by atoms with Crippen LogP contribution < -0.4 is 14.9 Å². The molecule has 2 aromatic carbocycles. The first-order chi connectivity index (χ1) is 15.0. The normalized spacial score (nSPS) is 12.7. The first-order valence-electron chi connectivity index (χ1n) is 9.61. The summed E-state index contributed by atoms with van der Waals surface area (Å²) in [5.41, 5.74) is 7.06. The molecule has 0 saturated carbocycles. The largest absolute Gasteiger partial charge is 0.454 e. The number of carbonyl (C=O) groups excluding carboxylic acids is 1. The van der Waals surface area contributed by atoms with E-state index in [1.807, 2.05) is 56.3 Å². The average Bonchev–Trinajstić information content (AvgIpc) is 3.44. The molecule has 31 heavy (non-hydrogen) atoms. The van der Waals surface area contributed by atoms with Crippen molar-refractivity contribution in [3.63, 3.8) is 0 Å². The predicted octanol–water partition coefficient (Wildman–Crippen LogP) is 5.10. The molecule has 0 saturated heterocycles. The Kier molecular flexibility index (Phi) is 4.78. The van der Waals surface area contributed by atoms with E-state index in [1.54, 1.807) is 12.3 Å². The molecule has 1 aliphatic rings. The minimum Gasteiger partial charge on any atom is -0.454 e. The van der Waals surface area contributed by atoms with Crippen molar-refractivity contribution in [2.45, 2.75) is 13.8 Å². The fourth-order valence-corrected chi connectivity index (χ4v) is 4.06. The minimum absolute atomic E-state index is 0.205. The summed E-state index contributed by atoms with van der Waals surface area (Å²) < 4.78 is 19.5. The van der Waals surface area contributed by atoms with Gasteiger partial charge in [-0.2, -0.15) is 5.10 Å². The van der Waals surface area contributed by atoms with Crippen LogP contribution in [0.25, 0.3) is 16.7 Å². The van der Waals surface area contributed by atoms with Crippen molar-refractivity contribution in [1.82, 2.24) is 9.99 Å². The number of benzene rings is 2. The molecule has 7 nitrogen and oxygen atoms in total. The van der Waals surface area contributed by atoms with Crippen LogP contribution in [-0.2, 0) is 0 Å². The Balaban J connectivity index is 1.35. The van der Waals surface area contributed by atoms with Crippen LogP contribution in [0.1, 0.15) is 27.5 Å². The zero-order valence-electron chi connectivity index (χ0n) is 16.8. The Morgan fingerprint density at radius 1 is 1.10 bits per heavy atom. The molecule has 2 aromatic heterocycles. The molecule has 0 radical (unpaired) electrons. The number of aromatic nitrogens is 1. The number of furan rings is 1. The van der Waals surface area contributed by atoms with E-state index < -0.39 is 5.91 Å². The maximum absolute atomic E-state index is 12.4. The highest BCUT2D eigenvalue weighted by Crippen LogP contribution is 2.34. The lowest BCUT2D eigenvalue weighted by Gasteiger charge is -2.10. The molecular weight excluding hydrogens is 462 g/mol. The number of amides is 1. The smallest absolute Gasteiger partial charge is 0.307 e. The third kappa shape index (κ3) is 3.59. The molecule has 1 N–H and O–H groups in total. The number of ether oxygens (including phenoxy) is 2. The van der Waals surface area contributed by atoms with Gasteiger partial charge in [-0.05, 0) is 56.3 Å².